The van der Waals surface area contributed by atoms with Crippen molar-refractivity contribution in [3.63, 3.8) is 0 Å². The maximum Gasteiger partial charge on any atom is 0.381 e. The first-order chi connectivity index (χ1) is 9.31. The van der Waals surface area contributed by atoms with Crippen molar-refractivity contribution in [1.29, 1.82) is 0 Å². The lowest BCUT2D eigenvalue weighted by molar-refractivity contribution is -0.167. The van der Waals surface area contributed by atoms with Crippen LogP contribution in [0.2, 0.25) is 0 Å². The molecule has 1 aliphatic heterocycles. The van der Waals surface area contributed by atoms with Crippen molar-refractivity contribution in [1.82, 2.24) is 0 Å². The Balaban J connectivity index is 1.94. The van der Waals surface area contributed by atoms with E-state index in [1.807, 2.05) is 20.8 Å². The fourth-order valence-electron chi connectivity index (χ4n) is 1.64. The number of nitrogens with zero attached hydrogens (tertiary/aromatic N) is 2. The number of carbonyl (C=O) groups excluding carboxylic acids is 1. The first kappa shape index (κ1) is 14.3. The summed E-state index contributed by atoms with van der Waals surface area (Å²) < 4.78 is 5.03. The fraction of sp³-hybridized carbons (Fsp3) is 0.500. The predicted molar refractivity (Wildman–Crippen MR) is 73.4 cm³/mol. The molecule has 6 heteroatoms. The molecule has 0 saturated carbocycles. The Morgan fingerprint density at radius 1 is 1.55 bits per heavy atom. The SMILES string of the molecule is CC(C)(C)C1=NOC(C)(C(=O)O/N=C/c2ccco2)C1. The number of carbonyl (C=O) groups is 1. The van der Waals surface area contributed by atoms with Crippen LogP contribution in [0.25, 0.3) is 0 Å². The third kappa shape index (κ3) is 3.07. The van der Waals surface area contributed by atoms with E-state index in [4.69, 9.17) is 14.1 Å². The first-order valence-electron chi connectivity index (χ1n) is 6.35. The monoisotopic (exact) mass is 278 g/mol. The highest BCUT2D eigenvalue weighted by atomic mass is 16.7. The molecule has 2 heterocycles. The summed E-state index contributed by atoms with van der Waals surface area (Å²) >= 11 is 0. The van der Waals surface area contributed by atoms with E-state index in [1.165, 1.54) is 12.5 Å². The molecule has 6 nitrogen and oxygen atoms in total. The fourth-order valence-corrected chi connectivity index (χ4v) is 1.64. The minimum atomic E-state index is -1.12. The second-order valence-electron chi connectivity index (χ2n) is 5.92. The highest BCUT2D eigenvalue weighted by Crippen LogP contribution is 2.32. The Morgan fingerprint density at radius 3 is 2.85 bits per heavy atom. The van der Waals surface area contributed by atoms with E-state index >= 15 is 0 Å². The molecule has 1 unspecified atom stereocenters. The smallest absolute Gasteiger partial charge is 0.381 e. The van der Waals surface area contributed by atoms with Crippen LogP contribution < -0.4 is 0 Å². The molecule has 0 fully saturated rings. The van der Waals surface area contributed by atoms with Gasteiger partial charge in [0.2, 0.25) is 5.60 Å². The molecule has 0 spiro atoms. The Labute approximate surface area is 117 Å². The molecular formula is C14H18N2O4. The normalized spacial score (nSPS) is 22.7. The van der Waals surface area contributed by atoms with Crippen LogP contribution in [0, 0.1) is 5.41 Å². The summed E-state index contributed by atoms with van der Waals surface area (Å²) in [7, 11) is 0. The van der Waals surface area contributed by atoms with E-state index in [-0.39, 0.29) is 5.41 Å². The molecular weight excluding hydrogens is 260 g/mol. The standard InChI is InChI=1S/C14H18N2O4/c1-13(2,3)11-8-14(4,20-16-11)12(17)19-15-9-10-6-5-7-18-10/h5-7,9H,8H2,1-4H3/b15-9+. The molecule has 0 radical (unpaired) electrons. The van der Waals surface area contributed by atoms with E-state index in [0.29, 0.717) is 12.2 Å². The van der Waals surface area contributed by atoms with Gasteiger partial charge in [-0.15, -0.1) is 0 Å². The summed E-state index contributed by atoms with van der Waals surface area (Å²) in [6.45, 7) is 7.68. The number of hydrogen-bond acceptors (Lipinski definition) is 6. The van der Waals surface area contributed by atoms with Crippen molar-refractivity contribution in [2.24, 2.45) is 15.7 Å². The van der Waals surface area contributed by atoms with Gasteiger partial charge in [0.15, 0.2) is 0 Å². The van der Waals surface area contributed by atoms with Gasteiger partial charge in [-0.05, 0) is 19.1 Å². The van der Waals surface area contributed by atoms with Crippen molar-refractivity contribution in [2.75, 3.05) is 0 Å². The predicted octanol–water partition coefficient (Wildman–Crippen LogP) is 2.74. The number of hydrogen-bond donors (Lipinski definition) is 0. The van der Waals surface area contributed by atoms with Crippen molar-refractivity contribution in [2.45, 2.75) is 39.7 Å². The topological polar surface area (TPSA) is 73.4 Å². The summed E-state index contributed by atoms with van der Waals surface area (Å²) in [4.78, 5) is 22.1. The summed E-state index contributed by atoms with van der Waals surface area (Å²) in [5.74, 6) is -0.0785. The van der Waals surface area contributed by atoms with E-state index in [9.17, 15) is 4.79 Å². The van der Waals surface area contributed by atoms with Gasteiger partial charge in [-0.25, -0.2) is 4.79 Å². The van der Waals surface area contributed by atoms with Gasteiger partial charge in [0, 0.05) is 11.8 Å². The third-order valence-corrected chi connectivity index (χ3v) is 3.02. The molecule has 1 atom stereocenters. The minimum Gasteiger partial charge on any atom is -0.463 e. The second-order valence-corrected chi connectivity index (χ2v) is 5.92. The summed E-state index contributed by atoms with van der Waals surface area (Å²) in [5, 5.41) is 7.58. The Kier molecular flexibility index (Phi) is 3.65. The van der Waals surface area contributed by atoms with Crippen LogP contribution in [0.3, 0.4) is 0 Å². The quantitative estimate of drug-likeness (QED) is 0.484. The Morgan fingerprint density at radius 2 is 2.30 bits per heavy atom. The van der Waals surface area contributed by atoms with Crippen molar-refractivity contribution in [3.05, 3.63) is 24.2 Å². The van der Waals surface area contributed by atoms with E-state index in [1.54, 1.807) is 19.1 Å². The van der Waals surface area contributed by atoms with Crippen LogP contribution in [-0.4, -0.2) is 23.5 Å². The molecule has 2 rings (SSSR count). The zero-order valence-electron chi connectivity index (χ0n) is 12.0. The van der Waals surface area contributed by atoms with Gasteiger partial charge in [0.1, 0.15) is 12.0 Å². The highest BCUT2D eigenvalue weighted by molar-refractivity contribution is 5.96. The summed E-state index contributed by atoms with van der Waals surface area (Å²) in [5.41, 5.74) is -0.439. The highest BCUT2D eigenvalue weighted by Gasteiger charge is 2.46. The third-order valence-electron chi connectivity index (χ3n) is 3.02. The molecule has 1 aliphatic rings. The molecule has 0 aromatic carbocycles. The molecule has 0 amide bonds. The van der Waals surface area contributed by atoms with Crippen LogP contribution in [0.1, 0.15) is 39.9 Å². The molecule has 1 aromatic heterocycles. The summed E-state index contributed by atoms with van der Waals surface area (Å²) in [6, 6.07) is 3.42. The molecule has 0 bridgehead atoms. The van der Waals surface area contributed by atoms with E-state index in [0.717, 1.165) is 5.71 Å². The Hall–Kier alpha value is -2.11. The van der Waals surface area contributed by atoms with Gasteiger partial charge in [-0.2, -0.15) is 0 Å². The van der Waals surface area contributed by atoms with Crippen LogP contribution in [0.15, 0.2) is 33.1 Å². The van der Waals surface area contributed by atoms with Crippen LogP contribution in [0.4, 0.5) is 0 Å². The average Bonchev–Trinajstić information content (AvgIpc) is 2.98. The second kappa shape index (κ2) is 5.11. The molecule has 0 aliphatic carbocycles. The maximum atomic E-state index is 12.0. The van der Waals surface area contributed by atoms with Gasteiger partial charge in [-0.3, -0.25) is 0 Å². The Bertz CT molecular complexity index is 540. The van der Waals surface area contributed by atoms with Crippen LogP contribution in [0.5, 0.6) is 0 Å². The number of furan rings is 1. The average molecular weight is 278 g/mol. The number of oxime groups is 2. The molecule has 20 heavy (non-hydrogen) atoms. The number of rotatable bonds is 3. The lowest BCUT2D eigenvalue weighted by atomic mass is 9.84. The minimum absolute atomic E-state index is 0.143. The van der Waals surface area contributed by atoms with Gasteiger partial charge < -0.3 is 14.1 Å². The van der Waals surface area contributed by atoms with Crippen LogP contribution in [-0.2, 0) is 14.5 Å². The van der Waals surface area contributed by atoms with Crippen molar-refractivity contribution >= 4 is 17.9 Å². The lowest BCUT2D eigenvalue weighted by Crippen LogP contribution is -2.37. The zero-order valence-corrected chi connectivity index (χ0v) is 12.0. The lowest BCUT2D eigenvalue weighted by Gasteiger charge is -2.20. The van der Waals surface area contributed by atoms with E-state index in [2.05, 4.69) is 10.3 Å². The van der Waals surface area contributed by atoms with E-state index < -0.39 is 11.6 Å². The molecule has 0 saturated heterocycles. The van der Waals surface area contributed by atoms with Gasteiger partial charge >= 0.3 is 5.97 Å². The van der Waals surface area contributed by atoms with Crippen LogP contribution >= 0.6 is 0 Å². The van der Waals surface area contributed by atoms with Crippen molar-refractivity contribution in [3.8, 4) is 0 Å². The molecule has 1 aromatic rings. The van der Waals surface area contributed by atoms with Gasteiger partial charge in [0.05, 0.1) is 12.0 Å². The largest absolute Gasteiger partial charge is 0.463 e. The molecule has 108 valence electrons. The molecule has 0 N–H and O–H groups in total. The first-order valence-corrected chi connectivity index (χ1v) is 6.35. The zero-order chi connectivity index (χ0) is 14.8. The van der Waals surface area contributed by atoms with Crippen molar-refractivity contribution < 1.29 is 18.9 Å². The van der Waals surface area contributed by atoms with Gasteiger partial charge in [0.25, 0.3) is 0 Å². The maximum absolute atomic E-state index is 12.0. The van der Waals surface area contributed by atoms with Gasteiger partial charge in [-0.1, -0.05) is 31.1 Å². The summed E-state index contributed by atoms with van der Waals surface area (Å²) in [6.07, 6.45) is 3.22.